The lowest BCUT2D eigenvalue weighted by Crippen LogP contribution is -2.49. The zero-order valence-electron chi connectivity index (χ0n) is 10.1. The molecule has 1 aliphatic rings. The van der Waals surface area contributed by atoms with Gasteiger partial charge >= 0.3 is 0 Å². The standard InChI is InChI=1S/C13H15BrClNO2/c1-18-13(5-2-6-13)8-16-12(17)10-7-9(15)3-4-11(10)14/h3-4,7H,2,5-6,8H2,1H3,(H,16,17). The molecule has 0 radical (unpaired) electrons. The number of halogens is 2. The highest BCUT2D eigenvalue weighted by atomic mass is 79.9. The Balaban J connectivity index is 2.01. The summed E-state index contributed by atoms with van der Waals surface area (Å²) in [6, 6.07) is 5.17. The second kappa shape index (κ2) is 5.59. The molecule has 18 heavy (non-hydrogen) atoms. The van der Waals surface area contributed by atoms with Crippen molar-refractivity contribution >= 4 is 33.4 Å². The molecule has 0 bridgehead atoms. The fourth-order valence-corrected chi connectivity index (χ4v) is 2.63. The van der Waals surface area contributed by atoms with Gasteiger partial charge in [-0.2, -0.15) is 0 Å². The molecule has 0 aliphatic heterocycles. The number of nitrogens with one attached hydrogen (secondary N) is 1. The van der Waals surface area contributed by atoms with E-state index in [-0.39, 0.29) is 11.5 Å². The van der Waals surface area contributed by atoms with E-state index in [9.17, 15) is 4.79 Å². The molecular weight excluding hydrogens is 318 g/mol. The first-order chi connectivity index (χ1) is 8.56. The van der Waals surface area contributed by atoms with Crippen LogP contribution < -0.4 is 5.32 Å². The molecule has 0 aromatic heterocycles. The highest BCUT2D eigenvalue weighted by Gasteiger charge is 2.37. The van der Waals surface area contributed by atoms with E-state index in [0.717, 1.165) is 23.7 Å². The van der Waals surface area contributed by atoms with E-state index in [1.807, 2.05) is 0 Å². The summed E-state index contributed by atoms with van der Waals surface area (Å²) >= 11 is 9.24. The second-order valence-corrected chi connectivity index (χ2v) is 5.84. The molecule has 0 atom stereocenters. The quantitative estimate of drug-likeness (QED) is 0.917. The molecule has 1 aliphatic carbocycles. The highest BCUT2D eigenvalue weighted by Crippen LogP contribution is 2.34. The minimum atomic E-state index is -0.166. The summed E-state index contributed by atoms with van der Waals surface area (Å²) in [7, 11) is 1.70. The lowest BCUT2D eigenvalue weighted by atomic mass is 9.80. The zero-order valence-corrected chi connectivity index (χ0v) is 12.5. The Hall–Kier alpha value is -0.580. The van der Waals surface area contributed by atoms with E-state index in [1.165, 1.54) is 0 Å². The zero-order chi connectivity index (χ0) is 13.2. The number of hydrogen-bond acceptors (Lipinski definition) is 2. The van der Waals surface area contributed by atoms with Gasteiger partial charge in [0.25, 0.3) is 5.91 Å². The van der Waals surface area contributed by atoms with Gasteiger partial charge in [0, 0.05) is 23.1 Å². The molecule has 1 fully saturated rings. The highest BCUT2D eigenvalue weighted by molar-refractivity contribution is 9.10. The van der Waals surface area contributed by atoms with Crippen molar-refractivity contribution in [2.45, 2.75) is 24.9 Å². The lowest BCUT2D eigenvalue weighted by molar-refractivity contribution is -0.0679. The summed E-state index contributed by atoms with van der Waals surface area (Å²) < 4.78 is 6.20. The van der Waals surface area contributed by atoms with Gasteiger partial charge in [0.1, 0.15) is 0 Å². The molecule has 1 saturated carbocycles. The van der Waals surface area contributed by atoms with Crippen LogP contribution in [0.3, 0.4) is 0 Å². The number of benzene rings is 1. The van der Waals surface area contributed by atoms with Crippen LogP contribution in [-0.4, -0.2) is 25.2 Å². The molecule has 1 amide bonds. The summed E-state index contributed by atoms with van der Waals surface area (Å²) in [4.78, 5) is 12.1. The van der Waals surface area contributed by atoms with Gasteiger partial charge in [-0.25, -0.2) is 0 Å². The molecule has 0 spiro atoms. The number of amides is 1. The van der Waals surface area contributed by atoms with Crippen molar-refractivity contribution in [1.82, 2.24) is 5.32 Å². The van der Waals surface area contributed by atoms with Crippen LogP contribution in [0.15, 0.2) is 22.7 Å². The van der Waals surface area contributed by atoms with Crippen LogP contribution in [0, 0.1) is 0 Å². The van der Waals surface area contributed by atoms with Crippen LogP contribution >= 0.6 is 27.5 Å². The largest absolute Gasteiger partial charge is 0.376 e. The van der Waals surface area contributed by atoms with Crippen LogP contribution in [0.5, 0.6) is 0 Å². The number of methoxy groups -OCH3 is 1. The topological polar surface area (TPSA) is 38.3 Å². The smallest absolute Gasteiger partial charge is 0.252 e. The number of ether oxygens (including phenoxy) is 1. The van der Waals surface area contributed by atoms with Gasteiger partial charge in [-0.15, -0.1) is 0 Å². The van der Waals surface area contributed by atoms with Crippen molar-refractivity contribution in [1.29, 1.82) is 0 Å². The van der Waals surface area contributed by atoms with Crippen LogP contribution in [-0.2, 0) is 4.74 Å². The maximum Gasteiger partial charge on any atom is 0.252 e. The predicted octanol–water partition coefficient (Wildman–Crippen LogP) is 3.40. The van der Waals surface area contributed by atoms with Crippen molar-refractivity contribution < 1.29 is 9.53 Å². The Bertz CT molecular complexity index is 455. The second-order valence-electron chi connectivity index (χ2n) is 4.55. The molecule has 5 heteroatoms. The van der Waals surface area contributed by atoms with E-state index in [1.54, 1.807) is 25.3 Å². The number of hydrogen-bond donors (Lipinski definition) is 1. The summed E-state index contributed by atoms with van der Waals surface area (Å²) in [6.07, 6.45) is 3.16. The summed E-state index contributed by atoms with van der Waals surface area (Å²) in [5.74, 6) is -0.132. The van der Waals surface area contributed by atoms with Crippen molar-refractivity contribution in [3.63, 3.8) is 0 Å². The van der Waals surface area contributed by atoms with Crippen molar-refractivity contribution in [3.8, 4) is 0 Å². The first kappa shape index (κ1) is 13.8. The SMILES string of the molecule is COC1(CNC(=O)c2cc(Cl)ccc2Br)CCC1. The molecule has 98 valence electrons. The first-order valence-electron chi connectivity index (χ1n) is 5.85. The summed E-state index contributed by atoms with van der Waals surface area (Å²) in [5, 5.41) is 3.46. The Morgan fingerprint density at radius 1 is 1.56 bits per heavy atom. The van der Waals surface area contributed by atoms with Gasteiger partial charge in [-0.1, -0.05) is 11.6 Å². The van der Waals surface area contributed by atoms with E-state index < -0.39 is 0 Å². The first-order valence-corrected chi connectivity index (χ1v) is 7.02. The van der Waals surface area contributed by atoms with E-state index in [0.29, 0.717) is 17.1 Å². The summed E-state index contributed by atoms with van der Waals surface area (Å²) in [5.41, 5.74) is 0.383. The lowest BCUT2D eigenvalue weighted by Gasteiger charge is -2.40. The van der Waals surface area contributed by atoms with Crippen LogP contribution in [0.25, 0.3) is 0 Å². The van der Waals surface area contributed by atoms with Crippen molar-refractivity contribution in [2.24, 2.45) is 0 Å². The van der Waals surface area contributed by atoms with Crippen molar-refractivity contribution in [2.75, 3.05) is 13.7 Å². The van der Waals surface area contributed by atoms with Gasteiger partial charge < -0.3 is 10.1 Å². The maximum atomic E-state index is 12.1. The molecule has 2 rings (SSSR count). The van der Waals surface area contributed by atoms with Crippen LogP contribution in [0.4, 0.5) is 0 Å². The molecule has 1 aromatic carbocycles. The fourth-order valence-electron chi connectivity index (χ4n) is 2.03. The van der Waals surface area contributed by atoms with E-state index in [2.05, 4.69) is 21.2 Å². The summed E-state index contributed by atoms with van der Waals surface area (Å²) in [6.45, 7) is 0.543. The van der Waals surface area contributed by atoms with Crippen LogP contribution in [0.1, 0.15) is 29.6 Å². The minimum Gasteiger partial charge on any atom is -0.376 e. The van der Waals surface area contributed by atoms with E-state index >= 15 is 0 Å². The van der Waals surface area contributed by atoms with Gasteiger partial charge in [0.05, 0.1) is 11.2 Å². The normalized spacial score (nSPS) is 17.1. The third-order valence-corrected chi connectivity index (χ3v) is 4.37. The number of carbonyl (C=O) groups excluding carboxylic acids is 1. The Morgan fingerprint density at radius 3 is 2.83 bits per heavy atom. The predicted molar refractivity (Wildman–Crippen MR) is 75.1 cm³/mol. The van der Waals surface area contributed by atoms with Gasteiger partial charge in [0.15, 0.2) is 0 Å². The molecule has 1 N–H and O–H groups in total. The molecule has 0 heterocycles. The minimum absolute atomic E-state index is 0.132. The van der Waals surface area contributed by atoms with Gasteiger partial charge in [-0.05, 0) is 53.4 Å². The monoisotopic (exact) mass is 331 g/mol. The van der Waals surface area contributed by atoms with Crippen molar-refractivity contribution in [3.05, 3.63) is 33.3 Å². The average molecular weight is 333 g/mol. The third-order valence-electron chi connectivity index (χ3n) is 3.44. The molecule has 0 saturated heterocycles. The van der Waals surface area contributed by atoms with Crippen LogP contribution in [0.2, 0.25) is 5.02 Å². The fraction of sp³-hybridized carbons (Fsp3) is 0.462. The van der Waals surface area contributed by atoms with E-state index in [4.69, 9.17) is 16.3 Å². The number of rotatable bonds is 4. The maximum absolute atomic E-state index is 12.1. The Labute approximate surface area is 120 Å². The average Bonchev–Trinajstić information content (AvgIpc) is 2.31. The number of carbonyl (C=O) groups is 1. The molecule has 3 nitrogen and oxygen atoms in total. The van der Waals surface area contributed by atoms with Gasteiger partial charge in [-0.3, -0.25) is 4.79 Å². The van der Waals surface area contributed by atoms with Gasteiger partial charge in [0.2, 0.25) is 0 Å². The Kier molecular flexibility index (Phi) is 4.30. The molecule has 1 aromatic rings. The molecule has 0 unspecified atom stereocenters. The third kappa shape index (κ3) is 2.87. The Morgan fingerprint density at radius 2 is 2.28 bits per heavy atom. The molecular formula is C13H15BrClNO2.